The number of anilines is 1. The molecule has 6 nitrogen and oxygen atoms in total. The zero-order chi connectivity index (χ0) is 19.2. The number of imidazole rings is 1. The molecule has 0 bridgehead atoms. The summed E-state index contributed by atoms with van der Waals surface area (Å²) in [5.74, 6) is 2.56. The van der Waals surface area contributed by atoms with Crippen molar-refractivity contribution >= 4 is 23.2 Å². The Morgan fingerprint density at radius 3 is 2.63 bits per heavy atom. The fourth-order valence-corrected chi connectivity index (χ4v) is 3.68. The number of aromatic nitrogens is 2. The van der Waals surface area contributed by atoms with Crippen molar-refractivity contribution in [3.63, 3.8) is 0 Å². The first-order chi connectivity index (χ1) is 13.1. The van der Waals surface area contributed by atoms with Gasteiger partial charge in [-0.05, 0) is 18.1 Å². The lowest BCUT2D eigenvalue weighted by Crippen LogP contribution is -2.52. The first-order valence-corrected chi connectivity index (χ1v) is 9.91. The van der Waals surface area contributed by atoms with Crippen LogP contribution in [0.4, 0.5) is 5.69 Å². The fourth-order valence-electron chi connectivity index (χ4n) is 3.42. The van der Waals surface area contributed by atoms with Gasteiger partial charge in [-0.1, -0.05) is 37.6 Å². The zero-order valence-electron chi connectivity index (χ0n) is 16.4. The Morgan fingerprint density at radius 2 is 1.96 bits per heavy atom. The van der Waals surface area contributed by atoms with Crippen molar-refractivity contribution in [3.05, 3.63) is 47.5 Å². The first kappa shape index (κ1) is 19.5. The number of para-hydroxylation sites is 1. The Balaban J connectivity index is 1.55. The maximum Gasteiger partial charge on any atom is 0.194 e. The summed E-state index contributed by atoms with van der Waals surface area (Å²) in [7, 11) is 1.84. The summed E-state index contributed by atoms with van der Waals surface area (Å²) < 4.78 is 2.21. The quantitative estimate of drug-likeness (QED) is 0.631. The van der Waals surface area contributed by atoms with Gasteiger partial charge < -0.3 is 19.7 Å². The molecule has 7 heteroatoms. The van der Waals surface area contributed by atoms with Crippen molar-refractivity contribution in [1.29, 1.82) is 0 Å². The molecule has 1 aromatic carbocycles. The second-order valence-corrected chi connectivity index (χ2v) is 7.62. The van der Waals surface area contributed by atoms with E-state index in [1.165, 1.54) is 0 Å². The van der Waals surface area contributed by atoms with Gasteiger partial charge in [0.05, 0.1) is 17.3 Å². The summed E-state index contributed by atoms with van der Waals surface area (Å²) in [6, 6.07) is 8.03. The van der Waals surface area contributed by atoms with Crippen LogP contribution in [0.15, 0.2) is 41.7 Å². The Bertz CT molecular complexity index is 761. The van der Waals surface area contributed by atoms with Crippen LogP contribution in [0.25, 0.3) is 0 Å². The molecule has 0 radical (unpaired) electrons. The highest BCUT2D eigenvalue weighted by atomic mass is 35.5. The Kier molecular flexibility index (Phi) is 6.61. The average Bonchev–Trinajstić information content (AvgIpc) is 3.09. The molecule has 1 N–H and O–H groups in total. The van der Waals surface area contributed by atoms with E-state index >= 15 is 0 Å². The molecule has 0 aliphatic carbocycles. The SMILES string of the molecule is CN=C(NCc1nccn1CC(C)C)N1CCN(c2ccccc2Cl)CC1. The van der Waals surface area contributed by atoms with E-state index in [-0.39, 0.29) is 0 Å². The van der Waals surface area contributed by atoms with Gasteiger partial charge in [0.25, 0.3) is 0 Å². The molecule has 1 aliphatic rings. The van der Waals surface area contributed by atoms with Crippen molar-refractivity contribution in [3.8, 4) is 0 Å². The van der Waals surface area contributed by atoms with Crippen LogP contribution in [-0.2, 0) is 13.1 Å². The molecule has 2 heterocycles. The van der Waals surface area contributed by atoms with E-state index in [0.717, 1.165) is 55.2 Å². The third kappa shape index (κ3) is 4.95. The highest BCUT2D eigenvalue weighted by Crippen LogP contribution is 2.26. The number of benzene rings is 1. The summed E-state index contributed by atoms with van der Waals surface area (Å²) in [5, 5.41) is 4.28. The summed E-state index contributed by atoms with van der Waals surface area (Å²) >= 11 is 6.34. The monoisotopic (exact) mass is 388 g/mol. The largest absolute Gasteiger partial charge is 0.367 e. The number of nitrogens with zero attached hydrogens (tertiary/aromatic N) is 5. The van der Waals surface area contributed by atoms with Crippen LogP contribution < -0.4 is 10.2 Å². The third-order valence-electron chi connectivity index (χ3n) is 4.75. The minimum atomic E-state index is 0.593. The van der Waals surface area contributed by atoms with Crippen LogP contribution in [0.5, 0.6) is 0 Å². The fraction of sp³-hybridized carbons (Fsp3) is 0.500. The van der Waals surface area contributed by atoms with Crippen LogP contribution >= 0.6 is 11.6 Å². The van der Waals surface area contributed by atoms with E-state index in [1.54, 1.807) is 0 Å². The molecule has 0 spiro atoms. The second kappa shape index (κ2) is 9.13. The minimum Gasteiger partial charge on any atom is -0.367 e. The number of hydrogen-bond acceptors (Lipinski definition) is 3. The third-order valence-corrected chi connectivity index (χ3v) is 5.07. The van der Waals surface area contributed by atoms with Crippen LogP contribution in [-0.4, -0.2) is 53.6 Å². The molecule has 1 aliphatic heterocycles. The standard InChI is InChI=1S/C20H29ClN6/c1-16(2)15-27-9-8-23-19(27)14-24-20(22-3)26-12-10-25(11-13-26)18-7-5-4-6-17(18)21/h4-9,16H,10-15H2,1-3H3,(H,22,24). The summed E-state index contributed by atoms with van der Waals surface area (Å²) in [6.07, 6.45) is 3.91. The molecule has 27 heavy (non-hydrogen) atoms. The highest BCUT2D eigenvalue weighted by Gasteiger charge is 2.21. The lowest BCUT2D eigenvalue weighted by atomic mass is 10.2. The predicted molar refractivity (Wildman–Crippen MR) is 113 cm³/mol. The zero-order valence-corrected chi connectivity index (χ0v) is 17.2. The van der Waals surface area contributed by atoms with Gasteiger partial charge in [-0.3, -0.25) is 4.99 Å². The van der Waals surface area contributed by atoms with Gasteiger partial charge in [0, 0.05) is 52.2 Å². The van der Waals surface area contributed by atoms with Gasteiger partial charge in [0.2, 0.25) is 0 Å². The van der Waals surface area contributed by atoms with E-state index in [2.05, 4.69) is 49.6 Å². The second-order valence-electron chi connectivity index (χ2n) is 7.22. The van der Waals surface area contributed by atoms with Crippen molar-refractivity contribution in [1.82, 2.24) is 19.8 Å². The number of rotatable bonds is 5. The number of piperazine rings is 1. The normalized spacial score (nSPS) is 15.5. The summed E-state index contributed by atoms with van der Waals surface area (Å²) in [5.41, 5.74) is 1.11. The number of aliphatic imine (C=N–C) groups is 1. The Labute approximate surface area is 166 Å². The van der Waals surface area contributed by atoms with E-state index in [0.29, 0.717) is 12.5 Å². The molecule has 0 amide bonds. The maximum atomic E-state index is 6.34. The molecule has 0 saturated carbocycles. The van der Waals surface area contributed by atoms with Crippen molar-refractivity contribution < 1.29 is 0 Å². The van der Waals surface area contributed by atoms with Crippen LogP contribution in [0.3, 0.4) is 0 Å². The van der Waals surface area contributed by atoms with Crippen molar-refractivity contribution in [2.24, 2.45) is 10.9 Å². The summed E-state index contributed by atoms with van der Waals surface area (Å²) in [6.45, 7) is 9.75. The number of guanidine groups is 1. The predicted octanol–water partition coefficient (Wildman–Crippen LogP) is 3.09. The van der Waals surface area contributed by atoms with Gasteiger partial charge in [-0.2, -0.15) is 0 Å². The average molecular weight is 389 g/mol. The molecule has 0 unspecified atom stereocenters. The number of hydrogen-bond donors (Lipinski definition) is 1. The Hall–Kier alpha value is -2.21. The van der Waals surface area contributed by atoms with Gasteiger partial charge >= 0.3 is 0 Å². The van der Waals surface area contributed by atoms with E-state index in [4.69, 9.17) is 11.6 Å². The Morgan fingerprint density at radius 1 is 1.22 bits per heavy atom. The van der Waals surface area contributed by atoms with E-state index in [1.807, 2.05) is 37.6 Å². The minimum absolute atomic E-state index is 0.593. The van der Waals surface area contributed by atoms with Crippen molar-refractivity contribution in [2.45, 2.75) is 26.9 Å². The smallest absolute Gasteiger partial charge is 0.194 e. The van der Waals surface area contributed by atoms with Gasteiger partial charge in [0.15, 0.2) is 5.96 Å². The molecule has 3 rings (SSSR count). The number of halogens is 1. The highest BCUT2D eigenvalue weighted by molar-refractivity contribution is 6.33. The van der Waals surface area contributed by atoms with E-state index in [9.17, 15) is 0 Å². The number of nitrogens with one attached hydrogen (secondary N) is 1. The summed E-state index contributed by atoms with van der Waals surface area (Å²) in [4.78, 5) is 13.6. The van der Waals surface area contributed by atoms with Gasteiger partial charge in [0.1, 0.15) is 5.82 Å². The molecule has 1 aromatic heterocycles. The molecular weight excluding hydrogens is 360 g/mol. The maximum absolute atomic E-state index is 6.34. The molecule has 146 valence electrons. The van der Waals surface area contributed by atoms with Crippen molar-refractivity contribution in [2.75, 3.05) is 38.1 Å². The van der Waals surface area contributed by atoms with Gasteiger partial charge in [-0.15, -0.1) is 0 Å². The lowest BCUT2D eigenvalue weighted by Gasteiger charge is -2.38. The molecule has 0 atom stereocenters. The molecule has 2 aromatic rings. The molecular formula is C20H29ClN6. The topological polar surface area (TPSA) is 48.7 Å². The molecule has 1 saturated heterocycles. The first-order valence-electron chi connectivity index (χ1n) is 9.53. The van der Waals surface area contributed by atoms with Crippen LogP contribution in [0, 0.1) is 5.92 Å². The lowest BCUT2D eigenvalue weighted by molar-refractivity contribution is 0.371. The van der Waals surface area contributed by atoms with Crippen LogP contribution in [0.2, 0.25) is 5.02 Å². The molecule has 1 fully saturated rings. The van der Waals surface area contributed by atoms with Gasteiger partial charge in [-0.25, -0.2) is 4.98 Å². The van der Waals surface area contributed by atoms with E-state index < -0.39 is 0 Å². The van der Waals surface area contributed by atoms with Crippen LogP contribution in [0.1, 0.15) is 19.7 Å².